The van der Waals surface area contributed by atoms with Crippen molar-refractivity contribution in [2.45, 2.75) is 58.0 Å². The van der Waals surface area contributed by atoms with Crippen molar-refractivity contribution in [3.8, 4) is 0 Å². The Morgan fingerprint density at radius 2 is 2.05 bits per heavy atom. The first-order chi connectivity index (χ1) is 10.2. The van der Waals surface area contributed by atoms with Crippen molar-refractivity contribution in [3.05, 3.63) is 22.4 Å². The summed E-state index contributed by atoms with van der Waals surface area (Å²) in [5.41, 5.74) is 1.98. The van der Waals surface area contributed by atoms with Gasteiger partial charge in [0.2, 0.25) is 0 Å². The van der Waals surface area contributed by atoms with E-state index in [9.17, 15) is 0 Å². The quantitative estimate of drug-likeness (QED) is 0.815. The zero-order valence-electron chi connectivity index (χ0n) is 13.6. The minimum atomic E-state index is 0.514. The summed E-state index contributed by atoms with van der Waals surface area (Å²) in [7, 11) is 2.30. The summed E-state index contributed by atoms with van der Waals surface area (Å²) in [6, 6.07) is 3.10. The average molecular weight is 307 g/mol. The molecule has 0 aromatic carbocycles. The molecule has 2 aliphatic carbocycles. The highest BCUT2D eigenvalue weighted by Crippen LogP contribution is 2.40. The summed E-state index contributed by atoms with van der Waals surface area (Å²) in [5, 5.41) is 8.30. The van der Waals surface area contributed by atoms with Gasteiger partial charge in [0.25, 0.3) is 0 Å². The van der Waals surface area contributed by atoms with Gasteiger partial charge in [0.1, 0.15) is 0 Å². The highest BCUT2D eigenvalue weighted by molar-refractivity contribution is 7.07. The lowest BCUT2D eigenvalue weighted by Crippen LogP contribution is -2.45. The Kier molecular flexibility index (Phi) is 5.03. The molecule has 0 bridgehead atoms. The summed E-state index contributed by atoms with van der Waals surface area (Å²) >= 11 is 1.81. The van der Waals surface area contributed by atoms with Gasteiger partial charge in [0.15, 0.2) is 0 Å². The van der Waals surface area contributed by atoms with Crippen LogP contribution in [-0.4, -0.2) is 31.1 Å². The Balaban J connectivity index is 1.57. The first-order valence-electron chi connectivity index (χ1n) is 8.58. The molecule has 1 heterocycles. The normalized spacial score (nSPS) is 30.0. The van der Waals surface area contributed by atoms with Gasteiger partial charge in [-0.15, -0.1) is 0 Å². The number of nitrogens with one attached hydrogen (secondary N) is 1. The molecule has 1 aromatic rings. The van der Waals surface area contributed by atoms with E-state index in [4.69, 9.17) is 0 Å². The maximum absolute atomic E-state index is 3.82. The molecule has 0 spiro atoms. The smallest absolute Gasteiger partial charge is 0.0239 e. The second-order valence-electron chi connectivity index (χ2n) is 7.64. The van der Waals surface area contributed by atoms with Crippen LogP contribution in [0.2, 0.25) is 0 Å². The third-order valence-corrected chi connectivity index (χ3v) is 6.05. The van der Waals surface area contributed by atoms with Crippen LogP contribution in [0.4, 0.5) is 0 Å². The maximum atomic E-state index is 3.82. The molecule has 2 aliphatic rings. The van der Waals surface area contributed by atoms with Crippen molar-refractivity contribution in [3.63, 3.8) is 0 Å². The highest BCUT2D eigenvalue weighted by Gasteiger charge is 2.36. The SMILES string of the molecule is CC1CCC(CNC2CC2)(CN(C)Cc2ccsc2)CC1. The largest absolute Gasteiger partial charge is 0.313 e. The van der Waals surface area contributed by atoms with E-state index in [0.717, 1.165) is 18.5 Å². The van der Waals surface area contributed by atoms with E-state index < -0.39 is 0 Å². The van der Waals surface area contributed by atoms with Gasteiger partial charge in [-0.05, 0) is 66.5 Å². The Morgan fingerprint density at radius 3 is 2.67 bits per heavy atom. The van der Waals surface area contributed by atoms with Gasteiger partial charge in [-0.1, -0.05) is 19.8 Å². The molecule has 2 nitrogen and oxygen atoms in total. The molecular weight excluding hydrogens is 276 g/mol. The molecule has 21 heavy (non-hydrogen) atoms. The lowest BCUT2D eigenvalue weighted by molar-refractivity contribution is 0.0954. The zero-order valence-corrected chi connectivity index (χ0v) is 14.4. The molecule has 1 N–H and O–H groups in total. The van der Waals surface area contributed by atoms with Gasteiger partial charge in [0.05, 0.1) is 0 Å². The Labute approximate surface area is 133 Å². The number of hydrogen-bond donors (Lipinski definition) is 1. The fourth-order valence-corrected chi connectivity index (χ4v) is 4.40. The van der Waals surface area contributed by atoms with E-state index in [-0.39, 0.29) is 0 Å². The van der Waals surface area contributed by atoms with Crippen LogP contribution in [0.5, 0.6) is 0 Å². The van der Waals surface area contributed by atoms with Crippen LogP contribution in [0.1, 0.15) is 51.0 Å². The van der Waals surface area contributed by atoms with Gasteiger partial charge >= 0.3 is 0 Å². The van der Waals surface area contributed by atoms with Crippen molar-refractivity contribution in [1.29, 1.82) is 0 Å². The van der Waals surface area contributed by atoms with Gasteiger partial charge in [-0.25, -0.2) is 0 Å². The van der Waals surface area contributed by atoms with Crippen LogP contribution in [0, 0.1) is 11.3 Å². The molecule has 3 heteroatoms. The number of hydrogen-bond acceptors (Lipinski definition) is 3. The topological polar surface area (TPSA) is 15.3 Å². The van der Waals surface area contributed by atoms with Crippen LogP contribution in [-0.2, 0) is 6.54 Å². The Morgan fingerprint density at radius 1 is 1.29 bits per heavy atom. The molecule has 118 valence electrons. The fraction of sp³-hybridized carbons (Fsp3) is 0.778. The van der Waals surface area contributed by atoms with Gasteiger partial charge in [-0.2, -0.15) is 11.3 Å². The molecule has 0 aliphatic heterocycles. The Bertz CT molecular complexity index is 416. The van der Waals surface area contributed by atoms with Gasteiger partial charge in [-0.3, -0.25) is 0 Å². The van der Waals surface area contributed by atoms with Crippen LogP contribution in [0.15, 0.2) is 16.8 Å². The lowest BCUT2D eigenvalue weighted by Gasteiger charge is -2.42. The molecule has 0 radical (unpaired) electrons. The third kappa shape index (κ3) is 4.54. The van der Waals surface area contributed by atoms with Crippen molar-refractivity contribution in [1.82, 2.24) is 10.2 Å². The van der Waals surface area contributed by atoms with E-state index in [1.54, 1.807) is 0 Å². The van der Waals surface area contributed by atoms with E-state index >= 15 is 0 Å². The highest BCUT2D eigenvalue weighted by atomic mass is 32.1. The predicted octanol–water partition coefficient (Wildman–Crippen LogP) is 4.13. The molecule has 1 aromatic heterocycles. The van der Waals surface area contributed by atoms with Crippen LogP contribution in [0.25, 0.3) is 0 Å². The fourth-order valence-electron chi connectivity index (χ4n) is 3.74. The van der Waals surface area contributed by atoms with E-state index in [1.807, 2.05) is 11.3 Å². The van der Waals surface area contributed by atoms with E-state index in [2.05, 4.69) is 41.0 Å². The second-order valence-corrected chi connectivity index (χ2v) is 8.42. The summed E-state index contributed by atoms with van der Waals surface area (Å²) in [4.78, 5) is 2.55. The lowest BCUT2D eigenvalue weighted by atomic mass is 9.70. The maximum Gasteiger partial charge on any atom is 0.0239 e. The van der Waals surface area contributed by atoms with Crippen molar-refractivity contribution >= 4 is 11.3 Å². The molecule has 0 unspecified atom stereocenters. The number of nitrogens with zero attached hydrogens (tertiary/aromatic N) is 1. The Hall–Kier alpha value is -0.380. The summed E-state index contributed by atoms with van der Waals surface area (Å²) in [6.45, 7) is 6.01. The standard InChI is InChI=1S/C18H30N2S/c1-15-5-8-18(9-6-15,13-19-17-3-4-17)14-20(2)11-16-7-10-21-12-16/h7,10,12,15,17,19H,3-6,8-9,11,13-14H2,1-2H3. The summed E-state index contributed by atoms with van der Waals surface area (Å²) in [6.07, 6.45) is 8.44. The minimum absolute atomic E-state index is 0.514. The average Bonchev–Trinajstić information content (AvgIpc) is 3.17. The molecule has 3 rings (SSSR count). The van der Waals surface area contributed by atoms with E-state index in [1.165, 1.54) is 57.2 Å². The molecule has 0 saturated heterocycles. The van der Waals surface area contributed by atoms with Crippen molar-refractivity contribution < 1.29 is 0 Å². The molecule has 2 saturated carbocycles. The van der Waals surface area contributed by atoms with Gasteiger partial charge < -0.3 is 10.2 Å². The monoisotopic (exact) mass is 306 g/mol. The van der Waals surface area contributed by atoms with Crippen molar-refractivity contribution in [2.24, 2.45) is 11.3 Å². The number of rotatable bonds is 7. The minimum Gasteiger partial charge on any atom is -0.313 e. The molecule has 2 fully saturated rings. The first kappa shape index (κ1) is 15.5. The second kappa shape index (κ2) is 6.80. The van der Waals surface area contributed by atoms with Crippen LogP contribution >= 0.6 is 11.3 Å². The van der Waals surface area contributed by atoms with E-state index in [0.29, 0.717) is 5.41 Å². The molecular formula is C18H30N2S. The number of thiophene rings is 1. The zero-order chi connectivity index (χ0) is 14.7. The van der Waals surface area contributed by atoms with Crippen LogP contribution < -0.4 is 5.32 Å². The van der Waals surface area contributed by atoms with Crippen molar-refractivity contribution in [2.75, 3.05) is 20.1 Å². The molecule has 0 amide bonds. The molecule has 0 atom stereocenters. The summed E-state index contributed by atoms with van der Waals surface area (Å²) < 4.78 is 0. The van der Waals surface area contributed by atoms with Crippen LogP contribution in [0.3, 0.4) is 0 Å². The first-order valence-corrected chi connectivity index (χ1v) is 9.52. The van der Waals surface area contributed by atoms with Gasteiger partial charge in [0, 0.05) is 25.7 Å². The summed E-state index contributed by atoms with van der Waals surface area (Å²) in [5.74, 6) is 0.932. The third-order valence-electron chi connectivity index (χ3n) is 5.32. The predicted molar refractivity (Wildman–Crippen MR) is 91.7 cm³/mol.